The lowest BCUT2D eigenvalue weighted by molar-refractivity contribution is -0.128. The number of rotatable bonds is 1. The maximum Gasteiger partial charge on any atom is 0.219 e. The summed E-state index contributed by atoms with van der Waals surface area (Å²) in [6, 6.07) is 0. The van der Waals surface area contributed by atoms with Gasteiger partial charge in [-0.15, -0.1) is 0 Å². The van der Waals surface area contributed by atoms with Crippen LogP contribution < -0.4 is 0 Å². The third-order valence-electron chi connectivity index (χ3n) is 3.72. The van der Waals surface area contributed by atoms with E-state index in [1.54, 1.807) is 14.0 Å². The Labute approximate surface area is 115 Å². The van der Waals surface area contributed by atoms with Gasteiger partial charge in [0.25, 0.3) is 0 Å². The fraction of sp³-hybridized carbons (Fsp3) is 0.533. The minimum atomic E-state index is 0.136. The van der Waals surface area contributed by atoms with Gasteiger partial charge in [0.2, 0.25) is 5.91 Å². The zero-order chi connectivity index (χ0) is 13.8. The highest BCUT2D eigenvalue weighted by Crippen LogP contribution is 2.24. The second-order valence-corrected chi connectivity index (χ2v) is 5.14. The molecule has 0 fully saturated rings. The molecule has 0 aromatic heterocycles. The third-order valence-corrected chi connectivity index (χ3v) is 3.72. The summed E-state index contributed by atoms with van der Waals surface area (Å²) in [5.41, 5.74) is 1.26. The van der Waals surface area contributed by atoms with Crippen LogP contribution in [-0.4, -0.2) is 56.0 Å². The van der Waals surface area contributed by atoms with Crippen molar-refractivity contribution in [2.45, 2.75) is 6.92 Å². The summed E-state index contributed by atoms with van der Waals surface area (Å²) in [7, 11) is 3.79. The Kier molecular flexibility index (Phi) is 4.43. The van der Waals surface area contributed by atoms with Crippen LogP contribution in [0.1, 0.15) is 6.92 Å². The van der Waals surface area contributed by atoms with Gasteiger partial charge in [-0.25, -0.2) is 0 Å². The molecular formula is C15H22N2O2. The van der Waals surface area contributed by atoms with Gasteiger partial charge in [-0.05, 0) is 24.8 Å². The average molecular weight is 262 g/mol. The second-order valence-electron chi connectivity index (χ2n) is 5.14. The summed E-state index contributed by atoms with van der Waals surface area (Å²) in [6.45, 7) is 4.96. The van der Waals surface area contributed by atoms with Crippen LogP contribution in [0.2, 0.25) is 0 Å². The van der Waals surface area contributed by atoms with Crippen LogP contribution >= 0.6 is 0 Å². The predicted molar refractivity (Wildman–Crippen MR) is 75.6 cm³/mol. The molecule has 4 heteroatoms. The van der Waals surface area contributed by atoms with Crippen LogP contribution in [0.3, 0.4) is 0 Å². The SMILES string of the molecule is COC1=CC2CN(C)CCN(C(C)=O)C/C=C/2C=C1. The van der Waals surface area contributed by atoms with Gasteiger partial charge in [-0.2, -0.15) is 0 Å². The number of carbonyl (C=O) groups excluding carboxylic acids is 1. The number of ether oxygens (including phenoxy) is 1. The molecule has 1 heterocycles. The van der Waals surface area contributed by atoms with E-state index in [0.29, 0.717) is 12.5 Å². The van der Waals surface area contributed by atoms with Crippen molar-refractivity contribution in [3.63, 3.8) is 0 Å². The van der Waals surface area contributed by atoms with E-state index in [4.69, 9.17) is 4.74 Å². The molecule has 0 aromatic carbocycles. The Bertz CT molecular complexity index is 437. The molecule has 0 bridgehead atoms. The summed E-state index contributed by atoms with van der Waals surface area (Å²) < 4.78 is 5.30. The first-order chi connectivity index (χ1) is 9.10. The number of fused-ring (bicyclic) bond motifs is 1. The van der Waals surface area contributed by atoms with Gasteiger partial charge in [0.05, 0.1) is 7.11 Å². The minimum absolute atomic E-state index is 0.136. The number of amides is 1. The molecule has 0 aromatic rings. The van der Waals surface area contributed by atoms with Gasteiger partial charge in [-0.1, -0.05) is 12.2 Å². The number of hydrogen-bond acceptors (Lipinski definition) is 3. The first kappa shape index (κ1) is 13.9. The number of nitrogens with zero attached hydrogens (tertiary/aromatic N) is 2. The third kappa shape index (κ3) is 3.47. The molecule has 0 spiro atoms. The van der Waals surface area contributed by atoms with Crippen molar-refractivity contribution in [3.8, 4) is 0 Å². The second kappa shape index (κ2) is 6.06. The molecule has 1 atom stereocenters. The Morgan fingerprint density at radius 1 is 1.37 bits per heavy atom. The highest BCUT2D eigenvalue weighted by Gasteiger charge is 2.20. The van der Waals surface area contributed by atoms with E-state index < -0.39 is 0 Å². The van der Waals surface area contributed by atoms with Gasteiger partial charge >= 0.3 is 0 Å². The van der Waals surface area contributed by atoms with Gasteiger partial charge in [0, 0.05) is 39.0 Å². The minimum Gasteiger partial charge on any atom is -0.497 e. The predicted octanol–water partition coefficient (Wildman–Crippen LogP) is 1.42. The largest absolute Gasteiger partial charge is 0.497 e. The molecule has 0 radical (unpaired) electrons. The monoisotopic (exact) mass is 262 g/mol. The molecule has 1 amide bonds. The van der Waals surface area contributed by atoms with E-state index >= 15 is 0 Å². The average Bonchev–Trinajstić information content (AvgIpc) is 2.46. The zero-order valence-corrected chi connectivity index (χ0v) is 11.9. The summed E-state index contributed by atoms with van der Waals surface area (Å²) >= 11 is 0. The number of likely N-dealkylation sites (N-methyl/N-ethyl adjacent to an activating group) is 1. The van der Waals surface area contributed by atoms with Crippen molar-refractivity contribution < 1.29 is 9.53 Å². The molecule has 0 N–H and O–H groups in total. The van der Waals surface area contributed by atoms with E-state index in [1.807, 2.05) is 11.0 Å². The Morgan fingerprint density at radius 3 is 2.84 bits per heavy atom. The Morgan fingerprint density at radius 2 is 2.16 bits per heavy atom. The summed E-state index contributed by atoms with van der Waals surface area (Å²) in [6.07, 6.45) is 8.40. The van der Waals surface area contributed by atoms with Gasteiger partial charge in [0.1, 0.15) is 5.76 Å². The zero-order valence-electron chi connectivity index (χ0n) is 11.9. The number of hydrogen-bond donors (Lipinski definition) is 0. The fourth-order valence-electron chi connectivity index (χ4n) is 2.48. The molecular weight excluding hydrogens is 240 g/mol. The summed E-state index contributed by atoms with van der Waals surface area (Å²) in [4.78, 5) is 15.7. The molecule has 2 rings (SSSR count). The van der Waals surface area contributed by atoms with E-state index in [0.717, 1.165) is 25.4 Å². The fourth-order valence-corrected chi connectivity index (χ4v) is 2.48. The quantitative estimate of drug-likeness (QED) is 0.716. The molecule has 0 saturated carbocycles. The van der Waals surface area contributed by atoms with Crippen LogP contribution in [-0.2, 0) is 9.53 Å². The molecule has 1 aliphatic heterocycles. The highest BCUT2D eigenvalue weighted by atomic mass is 16.5. The first-order valence-corrected chi connectivity index (χ1v) is 6.68. The van der Waals surface area contributed by atoms with E-state index in [-0.39, 0.29) is 5.91 Å². The Balaban J connectivity index is 2.21. The molecule has 0 saturated heterocycles. The van der Waals surface area contributed by atoms with Crippen molar-refractivity contribution in [1.82, 2.24) is 9.80 Å². The smallest absolute Gasteiger partial charge is 0.219 e. The normalized spacial score (nSPS) is 27.3. The van der Waals surface area contributed by atoms with Crippen molar-refractivity contribution in [1.29, 1.82) is 0 Å². The number of allylic oxidation sites excluding steroid dienone is 2. The Hall–Kier alpha value is -1.55. The van der Waals surface area contributed by atoms with E-state index in [9.17, 15) is 4.79 Å². The van der Waals surface area contributed by atoms with Crippen LogP contribution in [0.15, 0.2) is 35.6 Å². The van der Waals surface area contributed by atoms with Crippen LogP contribution in [0.4, 0.5) is 0 Å². The van der Waals surface area contributed by atoms with Gasteiger partial charge in [0.15, 0.2) is 0 Å². The maximum atomic E-state index is 11.6. The number of methoxy groups -OCH3 is 1. The molecule has 1 unspecified atom stereocenters. The first-order valence-electron chi connectivity index (χ1n) is 6.68. The molecule has 4 nitrogen and oxygen atoms in total. The molecule has 2 aliphatic rings. The van der Waals surface area contributed by atoms with Gasteiger partial charge in [-0.3, -0.25) is 4.79 Å². The molecule has 19 heavy (non-hydrogen) atoms. The van der Waals surface area contributed by atoms with E-state index in [1.165, 1.54) is 5.57 Å². The highest BCUT2D eigenvalue weighted by molar-refractivity contribution is 5.73. The van der Waals surface area contributed by atoms with Crippen LogP contribution in [0, 0.1) is 5.92 Å². The number of carbonyl (C=O) groups is 1. The van der Waals surface area contributed by atoms with Gasteiger partial charge < -0.3 is 14.5 Å². The lowest BCUT2D eigenvalue weighted by Gasteiger charge is -2.25. The molecule has 1 aliphatic carbocycles. The lowest BCUT2D eigenvalue weighted by atomic mass is 9.93. The lowest BCUT2D eigenvalue weighted by Crippen LogP contribution is -2.36. The standard InChI is InChI=1S/C15H22N2O2/c1-12(18)17-7-6-13-4-5-15(19-3)10-14(13)11-16(2)8-9-17/h4-6,10,14H,7-9,11H2,1-3H3/b13-6+. The van der Waals surface area contributed by atoms with Crippen molar-refractivity contribution in [3.05, 3.63) is 35.6 Å². The summed E-state index contributed by atoms with van der Waals surface area (Å²) in [5, 5.41) is 0. The summed E-state index contributed by atoms with van der Waals surface area (Å²) in [5.74, 6) is 1.40. The molecule has 104 valence electrons. The van der Waals surface area contributed by atoms with Crippen molar-refractivity contribution >= 4 is 5.91 Å². The van der Waals surface area contributed by atoms with Crippen molar-refractivity contribution in [2.75, 3.05) is 40.3 Å². The van der Waals surface area contributed by atoms with Crippen molar-refractivity contribution in [2.24, 2.45) is 5.92 Å². The maximum absolute atomic E-state index is 11.6. The van der Waals surface area contributed by atoms with Crippen LogP contribution in [0.5, 0.6) is 0 Å². The topological polar surface area (TPSA) is 32.8 Å². The van der Waals surface area contributed by atoms with E-state index in [2.05, 4.69) is 30.2 Å². The van der Waals surface area contributed by atoms with Crippen LogP contribution in [0.25, 0.3) is 0 Å².